The minimum absolute atomic E-state index is 0. The van der Waals surface area contributed by atoms with Crippen molar-refractivity contribution >= 4 is 35.6 Å². The van der Waals surface area contributed by atoms with E-state index >= 15 is 0 Å². The van der Waals surface area contributed by atoms with Crippen LogP contribution in [0, 0.1) is 17.8 Å². The molecule has 136 valence electrons. The van der Waals surface area contributed by atoms with E-state index in [9.17, 15) is 9.59 Å². The number of nitrogens with one attached hydrogen (secondary N) is 2. The third-order valence-electron chi connectivity index (χ3n) is 6.06. The number of carbonyl (C=O) groups is 2. The summed E-state index contributed by atoms with van der Waals surface area (Å²) < 4.78 is 0. The van der Waals surface area contributed by atoms with Crippen LogP contribution in [-0.2, 0) is 16.0 Å². The lowest BCUT2D eigenvalue weighted by atomic mass is 9.65. The van der Waals surface area contributed by atoms with E-state index in [1.807, 2.05) is 18.2 Å². The Morgan fingerprint density at radius 3 is 2.60 bits per heavy atom. The Hall–Kier alpha value is -1.59. The Bertz CT molecular complexity index is 665. The number of halogens is 1. The van der Waals surface area contributed by atoms with Gasteiger partial charge in [-0.05, 0) is 61.6 Å². The molecule has 0 radical (unpaired) electrons. The van der Waals surface area contributed by atoms with E-state index in [1.165, 1.54) is 6.42 Å². The van der Waals surface area contributed by atoms with Crippen LogP contribution in [0.1, 0.15) is 44.1 Å². The molecule has 2 atom stereocenters. The van der Waals surface area contributed by atoms with Gasteiger partial charge in [0.15, 0.2) is 0 Å². The summed E-state index contributed by atoms with van der Waals surface area (Å²) >= 11 is 0. The predicted molar refractivity (Wildman–Crippen MR) is 101 cm³/mol. The summed E-state index contributed by atoms with van der Waals surface area (Å²) in [4.78, 5) is 24.2. The first-order chi connectivity index (χ1) is 11.6. The summed E-state index contributed by atoms with van der Waals surface area (Å²) in [5.41, 5.74) is 9.04. The van der Waals surface area contributed by atoms with Gasteiger partial charge in [0, 0.05) is 29.8 Å². The lowest BCUT2D eigenvalue weighted by Gasteiger charge is -2.43. The number of hydrogen-bond donors (Lipinski definition) is 3. The fraction of sp³-hybridized carbons (Fsp3) is 0.579. The van der Waals surface area contributed by atoms with E-state index in [2.05, 4.69) is 10.6 Å². The van der Waals surface area contributed by atoms with E-state index in [-0.39, 0.29) is 36.2 Å². The van der Waals surface area contributed by atoms with Crippen molar-refractivity contribution in [3.8, 4) is 0 Å². The van der Waals surface area contributed by atoms with Crippen molar-refractivity contribution < 1.29 is 9.59 Å². The van der Waals surface area contributed by atoms with Crippen LogP contribution < -0.4 is 16.4 Å². The number of benzene rings is 1. The van der Waals surface area contributed by atoms with Crippen LogP contribution in [0.4, 0.5) is 11.4 Å². The maximum absolute atomic E-state index is 12.7. The number of amides is 2. The van der Waals surface area contributed by atoms with Crippen LogP contribution in [0.3, 0.4) is 0 Å². The van der Waals surface area contributed by atoms with Gasteiger partial charge < -0.3 is 16.4 Å². The van der Waals surface area contributed by atoms with E-state index in [4.69, 9.17) is 5.73 Å². The maximum Gasteiger partial charge on any atom is 0.227 e. The van der Waals surface area contributed by atoms with E-state index in [0.717, 1.165) is 49.0 Å². The molecule has 0 spiro atoms. The van der Waals surface area contributed by atoms with Gasteiger partial charge in [0.05, 0.1) is 0 Å². The van der Waals surface area contributed by atoms with Gasteiger partial charge in [0.25, 0.3) is 0 Å². The zero-order valence-corrected chi connectivity index (χ0v) is 15.1. The Morgan fingerprint density at radius 2 is 1.88 bits per heavy atom. The lowest BCUT2D eigenvalue weighted by Crippen LogP contribution is -2.48. The molecule has 1 aliphatic heterocycles. The van der Waals surface area contributed by atoms with Crippen molar-refractivity contribution in [2.75, 3.05) is 10.6 Å². The molecule has 2 saturated carbocycles. The van der Waals surface area contributed by atoms with Gasteiger partial charge in [-0.25, -0.2) is 0 Å². The van der Waals surface area contributed by atoms with Crippen LogP contribution in [0.5, 0.6) is 0 Å². The van der Waals surface area contributed by atoms with Gasteiger partial charge in [-0.3, -0.25) is 9.59 Å². The molecule has 1 aromatic carbocycles. The van der Waals surface area contributed by atoms with Crippen molar-refractivity contribution in [3.63, 3.8) is 0 Å². The van der Waals surface area contributed by atoms with Crippen molar-refractivity contribution in [1.82, 2.24) is 0 Å². The van der Waals surface area contributed by atoms with Gasteiger partial charge >= 0.3 is 0 Å². The summed E-state index contributed by atoms with van der Waals surface area (Å²) in [6, 6.07) is 6.08. The third-order valence-corrected chi connectivity index (χ3v) is 6.06. The van der Waals surface area contributed by atoms with Crippen molar-refractivity contribution in [3.05, 3.63) is 23.8 Å². The Labute approximate surface area is 154 Å². The number of rotatable bonds is 2. The number of aryl methyl sites for hydroxylation is 1. The molecular formula is C19H26ClN3O2. The first-order valence-corrected chi connectivity index (χ1v) is 9.09. The normalized spacial score (nSPS) is 30.5. The SMILES string of the molecule is Cl.NC1C2CCCC1CC(C(=O)Nc1ccc3c(c1)NC(=O)CC3)C2. The largest absolute Gasteiger partial charge is 0.327 e. The minimum Gasteiger partial charge on any atom is -0.327 e. The smallest absolute Gasteiger partial charge is 0.227 e. The molecule has 1 aromatic rings. The van der Waals surface area contributed by atoms with Gasteiger partial charge in [-0.2, -0.15) is 0 Å². The Balaban J connectivity index is 0.00000182. The van der Waals surface area contributed by atoms with Gasteiger partial charge in [0.1, 0.15) is 0 Å². The number of carbonyl (C=O) groups excluding carboxylic acids is 2. The van der Waals surface area contributed by atoms with Crippen molar-refractivity contribution in [2.45, 2.75) is 51.0 Å². The predicted octanol–water partition coefficient (Wildman–Crippen LogP) is 3.09. The minimum atomic E-state index is 0. The van der Waals surface area contributed by atoms with Crippen LogP contribution in [0.25, 0.3) is 0 Å². The molecule has 6 heteroatoms. The molecule has 4 N–H and O–H groups in total. The summed E-state index contributed by atoms with van der Waals surface area (Å²) in [7, 11) is 0. The highest BCUT2D eigenvalue weighted by atomic mass is 35.5. The van der Waals surface area contributed by atoms with E-state index in [0.29, 0.717) is 18.3 Å². The summed E-state index contributed by atoms with van der Waals surface area (Å²) in [5, 5.41) is 5.93. The van der Waals surface area contributed by atoms with Crippen LogP contribution >= 0.6 is 12.4 Å². The average molecular weight is 364 g/mol. The molecule has 3 aliphatic rings. The number of hydrogen-bond acceptors (Lipinski definition) is 3. The highest BCUT2D eigenvalue weighted by molar-refractivity contribution is 5.97. The second-order valence-corrected chi connectivity index (χ2v) is 7.61. The molecule has 2 amide bonds. The number of anilines is 2. The first kappa shape index (κ1) is 18.2. The first-order valence-electron chi connectivity index (χ1n) is 9.09. The molecule has 1 heterocycles. The maximum atomic E-state index is 12.7. The highest BCUT2D eigenvalue weighted by Crippen LogP contribution is 2.42. The van der Waals surface area contributed by atoms with E-state index in [1.54, 1.807) is 0 Å². The van der Waals surface area contributed by atoms with Crippen molar-refractivity contribution in [2.24, 2.45) is 23.5 Å². The monoisotopic (exact) mass is 363 g/mol. The van der Waals surface area contributed by atoms with Crippen molar-refractivity contribution in [1.29, 1.82) is 0 Å². The standard InChI is InChI=1S/C19H25N3O2.ClH/c20-18-12-2-1-3-13(18)9-14(8-12)19(24)21-15-6-4-11-5-7-17(23)22-16(11)10-15;/h4,6,10,12-14,18H,1-3,5,7-9,20H2,(H,21,24)(H,22,23);1H. The summed E-state index contributed by atoms with van der Waals surface area (Å²) in [5.74, 6) is 1.19. The molecule has 4 rings (SSSR count). The number of fused-ring (bicyclic) bond motifs is 3. The quantitative estimate of drug-likeness (QED) is 0.754. The van der Waals surface area contributed by atoms with Crippen LogP contribution in [0.15, 0.2) is 18.2 Å². The Morgan fingerprint density at radius 1 is 1.16 bits per heavy atom. The fourth-order valence-electron chi connectivity index (χ4n) is 4.70. The molecule has 2 bridgehead atoms. The zero-order chi connectivity index (χ0) is 16.7. The molecule has 2 fully saturated rings. The molecule has 5 nitrogen and oxygen atoms in total. The molecule has 25 heavy (non-hydrogen) atoms. The van der Waals surface area contributed by atoms with Gasteiger partial charge in [-0.1, -0.05) is 12.5 Å². The van der Waals surface area contributed by atoms with Gasteiger partial charge in [-0.15, -0.1) is 12.4 Å². The highest BCUT2D eigenvalue weighted by Gasteiger charge is 2.40. The topological polar surface area (TPSA) is 84.2 Å². The van der Waals surface area contributed by atoms with Crippen LogP contribution in [0.2, 0.25) is 0 Å². The lowest BCUT2D eigenvalue weighted by molar-refractivity contribution is -0.122. The van der Waals surface area contributed by atoms with Gasteiger partial charge in [0.2, 0.25) is 11.8 Å². The summed E-state index contributed by atoms with van der Waals surface area (Å²) in [6.07, 6.45) is 6.68. The zero-order valence-electron chi connectivity index (χ0n) is 14.3. The molecular weight excluding hydrogens is 338 g/mol. The van der Waals surface area contributed by atoms with Crippen LogP contribution in [-0.4, -0.2) is 17.9 Å². The fourth-order valence-corrected chi connectivity index (χ4v) is 4.70. The second-order valence-electron chi connectivity index (χ2n) is 7.61. The average Bonchev–Trinajstić information content (AvgIpc) is 2.54. The second kappa shape index (κ2) is 7.34. The van der Waals surface area contributed by atoms with E-state index < -0.39 is 0 Å². The molecule has 0 aromatic heterocycles. The summed E-state index contributed by atoms with van der Waals surface area (Å²) in [6.45, 7) is 0. The Kier molecular flexibility index (Phi) is 5.35. The molecule has 2 aliphatic carbocycles. The third kappa shape index (κ3) is 3.67. The molecule has 0 saturated heterocycles. The number of nitrogens with two attached hydrogens (primary N) is 1. The molecule has 2 unspecified atom stereocenters.